The Morgan fingerprint density at radius 2 is 1.87 bits per heavy atom. The molecule has 4 heterocycles. The van der Waals surface area contributed by atoms with Crippen LogP contribution in [0.5, 0.6) is 0 Å². The lowest BCUT2D eigenvalue weighted by Crippen LogP contribution is -2.34. The summed E-state index contributed by atoms with van der Waals surface area (Å²) in [5.74, 6) is 0.485. The molecule has 6 rings (SSSR count). The van der Waals surface area contributed by atoms with Crippen molar-refractivity contribution >= 4 is 17.4 Å². The standard InChI is InChI=1S/C30H32N6O3/c1-2-3-9-27-25(29(38)35(22-12-14-39-15-13-22)30-31-19-32-36(27)30)17-20-10-11-23(21-7-5-4-6-8-21)24(16-20)26-18-28(37)34-33-26/h4-8,10-11,16,19,22H,2-3,9,12-15,17-18H2,1H3,(H,34,37). The van der Waals surface area contributed by atoms with Gasteiger partial charge >= 0.3 is 0 Å². The quantitative estimate of drug-likeness (QED) is 0.374. The molecule has 0 aliphatic carbocycles. The molecular formula is C30H32N6O3. The number of carbonyl (C=O) groups is 1. The third-order valence-electron chi connectivity index (χ3n) is 7.65. The van der Waals surface area contributed by atoms with Crippen LogP contribution in [-0.2, 0) is 22.4 Å². The number of nitrogens with zero attached hydrogens (tertiary/aromatic N) is 5. The van der Waals surface area contributed by atoms with Crippen molar-refractivity contribution in [3.05, 3.63) is 87.6 Å². The number of unbranched alkanes of at least 4 members (excludes halogenated alkanes) is 1. The summed E-state index contributed by atoms with van der Waals surface area (Å²) in [5, 5.41) is 8.89. The van der Waals surface area contributed by atoms with Crippen molar-refractivity contribution in [3.63, 3.8) is 0 Å². The van der Waals surface area contributed by atoms with Crippen molar-refractivity contribution in [1.29, 1.82) is 0 Å². The molecule has 4 aromatic rings. The zero-order valence-electron chi connectivity index (χ0n) is 22.1. The maximum atomic E-state index is 14.2. The molecule has 0 spiro atoms. The number of amides is 1. The molecule has 1 fully saturated rings. The molecule has 0 saturated carbocycles. The van der Waals surface area contributed by atoms with Gasteiger partial charge in [0.25, 0.3) is 5.56 Å². The van der Waals surface area contributed by atoms with E-state index in [1.807, 2.05) is 27.3 Å². The van der Waals surface area contributed by atoms with Gasteiger partial charge in [-0.05, 0) is 48.4 Å². The second-order valence-electron chi connectivity index (χ2n) is 10.2. The fourth-order valence-corrected chi connectivity index (χ4v) is 5.66. The first kappa shape index (κ1) is 25.2. The molecule has 1 saturated heterocycles. The largest absolute Gasteiger partial charge is 0.381 e. The van der Waals surface area contributed by atoms with Gasteiger partial charge in [-0.2, -0.15) is 15.2 Å². The molecule has 2 aliphatic heterocycles. The normalized spacial score (nSPS) is 16.0. The minimum atomic E-state index is -0.118. The molecule has 0 atom stereocenters. The maximum absolute atomic E-state index is 14.2. The van der Waals surface area contributed by atoms with Crippen LogP contribution < -0.4 is 11.0 Å². The summed E-state index contributed by atoms with van der Waals surface area (Å²) in [6.07, 6.45) is 6.47. The van der Waals surface area contributed by atoms with E-state index in [2.05, 4.69) is 57.9 Å². The Labute approximate surface area is 226 Å². The van der Waals surface area contributed by atoms with E-state index in [1.165, 1.54) is 0 Å². The average molecular weight is 525 g/mol. The summed E-state index contributed by atoms with van der Waals surface area (Å²) in [5.41, 5.74) is 8.90. The number of hydrogen-bond donors (Lipinski definition) is 1. The van der Waals surface area contributed by atoms with Crippen molar-refractivity contribution in [2.24, 2.45) is 5.10 Å². The number of aromatic nitrogens is 4. The van der Waals surface area contributed by atoms with Gasteiger partial charge < -0.3 is 4.74 Å². The topological polar surface area (TPSA) is 103 Å². The Bertz CT molecular complexity index is 1600. The number of benzene rings is 2. The first-order valence-electron chi connectivity index (χ1n) is 13.7. The first-order valence-corrected chi connectivity index (χ1v) is 13.7. The van der Waals surface area contributed by atoms with Crippen LogP contribution in [0.2, 0.25) is 0 Å². The highest BCUT2D eigenvalue weighted by Gasteiger charge is 2.26. The Hall–Kier alpha value is -4.11. The summed E-state index contributed by atoms with van der Waals surface area (Å²) in [6.45, 7) is 3.40. The van der Waals surface area contributed by atoms with Crippen LogP contribution in [0, 0.1) is 0 Å². The molecule has 9 nitrogen and oxygen atoms in total. The number of carbonyl (C=O) groups excluding carboxylic acids is 1. The molecule has 39 heavy (non-hydrogen) atoms. The number of nitrogens with one attached hydrogen (secondary N) is 1. The van der Waals surface area contributed by atoms with E-state index < -0.39 is 0 Å². The highest BCUT2D eigenvalue weighted by atomic mass is 16.5. The third-order valence-corrected chi connectivity index (χ3v) is 7.65. The molecule has 2 aliphatic rings. The van der Waals surface area contributed by atoms with Gasteiger partial charge in [-0.1, -0.05) is 55.8 Å². The minimum absolute atomic E-state index is 0.00256. The van der Waals surface area contributed by atoms with Gasteiger partial charge in [-0.25, -0.2) is 9.94 Å². The van der Waals surface area contributed by atoms with Crippen LogP contribution in [0.15, 0.2) is 64.8 Å². The van der Waals surface area contributed by atoms with E-state index >= 15 is 0 Å². The number of rotatable bonds is 8. The molecule has 1 N–H and O–H groups in total. The lowest BCUT2D eigenvalue weighted by molar-refractivity contribution is -0.119. The van der Waals surface area contributed by atoms with Crippen LogP contribution >= 0.6 is 0 Å². The highest BCUT2D eigenvalue weighted by molar-refractivity contribution is 6.16. The minimum Gasteiger partial charge on any atom is -0.381 e. The summed E-state index contributed by atoms with van der Waals surface area (Å²) < 4.78 is 9.28. The van der Waals surface area contributed by atoms with Gasteiger partial charge in [0.2, 0.25) is 11.7 Å². The lowest BCUT2D eigenvalue weighted by Gasteiger charge is -2.26. The van der Waals surface area contributed by atoms with Crippen LogP contribution in [0.4, 0.5) is 0 Å². The summed E-state index contributed by atoms with van der Waals surface area (Å²) in [4.78, 5) is 30.7. The monoisotopic (exact) mass is 524 g/mol. The van der Waals surface area contributed by atoms with E-state index in [0.29, 0.717) is 31.1 Å². The van der Waals surface area contributed by atoms with Gasteiger partial charge in [0.15, 0.2) is 0 Å². The molecule has 9 heteroatoms. The van der Waals surface area contributed by atoms with Crippen molar-refractivity contribution in [2.75, 3.05) is 13.2 Å². The predicted molar refractivity (Wildman–Crippen MR) is 149 cm³/mol. The Morgan fingerprint density at radius 1 is 1.05 bits per heavy atom. The van der Waals surface area contributed by atoms with Crippen molar-refractivity contribution < 1.29 is 9.53 Å². The lowest BCUT2D eigenvalue weighted by atomic mass is 9.91. The molecule has 1 amide bonds. The number of aryl methyl sites for hydroxylation is 1. The molecule has 0 unspecified atom stereocenters. The number of ether oxygens (including phenoxy) is 1. The molecule has 2 aromatic heterocycles. The summed E-state index contributed by atoms with van der Waals surface area (Å²) >= 11 is 0. The average Bonchev–Trinajstić information content (AvgIpc) is 3.63. The first-order chi connectivity index (χ1) is 19.1. The van der Waals surface area contributed by atoms with E-state index in [-0.39, 0.29) is 23.9 Å². The second-order valence-corrected chi connectivity index (χ2v) is 10.2. The maximum Gasteiger partial charge on any atom is 0.259 e. The number of fused-ring (bicyclic) bond motifs is 1. The van der Waals surface area contributed by atoms with E-state index in [1.54, 1.807) is 6.33 Å². The van der Waals surface area contributed by atoms with Crippen molar-refractivity contribution in [2.45, 2.75) is 57.9 Å². The van der Waals surface area contributed by atoms with Crippen LogP contribution in [-0.4, -0.2) is 44.0 Å². The Kier molecular flexibility index (Phi) is 7.06. The fourth-order valence-electron chi connectivity index (χ4n) is 5.66. The molecular weight excluding hydrogens is 492 g/mol. The van der Waals surface area contributed by atoms with Gasteiger partial charge in [0.1, 0.15) is 6.33 Å². The van der Waals surface area contributed by atoms with Gasteiger partial charge in [-0.3, -0.25) is 14.2 Å². The highest BCUT2D eigenvalue weighted by Crippen LogP contribution is 2.29. The summed E-state index contributed by atoms with van der Waals surface area (Å²) in [6, 6.07) is 16.3. The van der Waals surface area contributed by atoms with Crippen LogP contribution in [0.3, 0.4) is 0 Å². The van der Waals surface area contributed by atoms with Crippen molar-refractivity contribution in [1.82, 2.24) is 24.6 Å². The van der Waals surface area contributed by atoms with Crippen LogP contribution in [0.1, 0.15) is 67.5 Å². The Balaban J connectivity index is 1.48. The SMILES string of the molecule is CCCCc1c(Cc2ccc(-c3ccccc3)c(C3=NNC(=O)C3)c2)c(=O)n(C2CCOCC2)c2ncnn12. The third kappa shape index (κ3) is 4.90. The zero-order chi connectivity index (χ0) is 26.8. The fraction of sp³-hybridized carbons (Fsp3) is 0.367. The molecule has 200 valence electrons. The van der Waals surface area contributed by atoms with E-state index in [0.717, 1.165) is 65.6 Å². The molecule has 0 radical (unpaired) electrons. The molecule has 0 bridgehead atoms. The van der Waals surface area contributed by atoms with E-state index in [9.17, 15) is 9.59 Å². The number of hydrogen-bond acceptors (Lipinski definition) is 6. The van der Waals surface area contributed by atoms with Crippen molar-refractivity contribution in [3.8, 4) is 11.1 Å². The second kappa shape index (κ2) is 10.9. The Morgan fingerprint density at radius 3 is 2.62 bits per heavy atom. The van der Waals surface area contributed by atoms with Crippen LogP contribution in [0.25, 0.3) is 16.9 Å². The van der Waals surface area contributed by atoms with E-state index in [4.69, 9.17) is 4.74 Å². The van der Waals surface area contributed by atoms with Gasteiger partial charge in [0, 0.05) is 36.8 Å². The van der Waals surface area contributed by atoms with Gasteiger partial charge in [-0.15, -0.1) is 0 Å². The summed E-state index contributed by atoms with van der Waals surface area (Å²) in [7, 11) is 0. The predicted octanol–water partition coefficient (Wildman–Crippen LogP) is 4.07. The number of hydrazone groups is 1. The molecule has 2 aromatic carbocycles. The smallest absolute Gasteiger partial charge is 0.259 e. The van der Waals surface area contributed by atoms with Gasteiger partial charge in [0.05, 0.1) is 17.8 Å². The zero-order valence-corrected chi connectivity index (χ0v) is 22.1.